The number of carbonyl (C=O) groups is 2. The Hall–Kier alpha value is -2.43. The maximum Gasteiger partial charge on any atom is 0.348 e. The minimum atomic E-state index is -4.06. The molecule has 1 aromatic carbocycles. The second-order valence-electron chi connectivity index (χ2n) is 5.69. The van der Waals surface area contributed by atoms with Gasteiger partial charge in [0.1, 0.15) is 17.2 Å². The van der Waals surface area contributed by atoms with E-state index in [0.717, 1.165) is 11.4 Å². The summed E-state index contributed by atoms with van der Waals surface area (Å²) in [7, 11) is -0.362. The normalized spacial score (nSPS) is 11.3. The van der Waals surface area contributed by atoms with Crippen LogP contribution in [0.5, 0.6) is 5.75 Å². The van der Waals surface area contributed by atoms with E-state index in [1.807, 2.05) is 6.07 Å². The smallest absolute Gasteiger partial charge is 0.348 e. The second kappa shape index (κ2) is 9.18. The SMILES string of the molecule is COC(=O)c1sc(S(=O)(=O)N(C)CCOc2ccccc2)c(C(=O)OC)c1C. The molecule has 2 rings (SSSR count). The van der Waals surface area contributed by atoms with Crippen LogP contribution in [0.3, 0.4) is 0 Å². The standard InChI is InChI=1S/C18H21NO7S2/c1-12-14(16(20)24-3)18(27-15(12)17(21)25-4)28(22,23)19(2)10-11-26-13-8-6-5-7-9-13/h5-9H,10-11H2,1-4H3. The van der Waals surface area contributed by atoms with Gasteiger partial charge in [-0.25, -0.2) is 18.0 Å². The molecule has 0 saturated heterocycles. The fourth-order valence-corrected chi connectivity index (χ4v) is 5.46. The highest BCUT2D eigenvalue weighted by atomic mass is 32.2. The molecular weight excluding hydrogens is 406 g/mol. The molecule has 0 bridgehead atoms. The van der Waals surface area contributed by atoms with Crippen LogP contribution in [0.1, 0.15) is 25.6 Å². The van der Waals surface area contributed by atoms with Crippen molar-refractivity contribution in [2.75, 3.05) is 34.4 Å². The lowest BCUT2D eigenvalue weighted by atomic mass is 10.2. The number of ether oxygens (including phenoxy) is 3. The summed E-state index contributed by atoms with van der Waals surface area (Å²) >= 11 is 0.682. The Morgan fingerprint density at radius 2 is 1.68 bits per heavy atom. The topological polar surface area (TPSA) is 99.2 Å². The zero-order valence-corrected chi connectivity index (χ0v) is 17.6. The van der Waals surface area contributed by atoms with Gasteiger partial charge in [0.15, 0.2) is 4.21 Å². The summed E-state index contributed by atoms with van der Waals surface area (Å²) in [4.78, 5) is 24.2. The quantitative estimate of drug-likeness (QED) is 0.596. The molecule has 0 unspecified atom stereocenters. The highest BCUT2D eigenvalue weighted by molar-refractivity contribution is 7.91. The van der Waals surface area contributed by atoms with E-state index in [0.29, 0.717) is 17.1 Å². The van der Waals surface area contributed by atoms with Crippen LogP contribution < -0.4 is 4.74 Å². The Balaban J connectivity index is 2.30. The molecule has 0 radical (unpaired) electrons. The van der Waals surface area contributed by atoms with E-state index in [1.54, 1.807) is 24.3 Å². The van der Waals surface area contributed by atoms with Crippen molar-refractivity contribution in [3.8, 4) is 5.75 Å². The van der Waals surface area contributed by atoms with Gasteiger partial charge in [0, 0.05) is 13.6 Å². The van der Waals surface area contributed by atoms with E-state index in [4.69, 9.17) is 9.47 Å². The molecule has 0 atom stereocenters. The average Bonchev–Trinajstić information content (AvgIpc) is 3.05. The van der Waals surface area contributed by atoms with Gasteiger partial charge in [-0.15, -0.1) is 11.3 Å². The van der Waals surface area contributed by atoms with Crippen LogP contribution in [0.2, 0.25) is 0 Å². The summed E-state index contributed by atoms with van der Waals surface area (Å²) in [6.45, 7) is 1.64. The van der Waals surface area contributed by atoms with Gasteiger partial charge in [0.25, 0.3) is 10.0 Å². The van der Waals surface area contributed by atoms with E-state index in [2.05, 4.69) is 4.74 Å². The number of methoxy groups -OCH3 is 2. The van der Waals surface area contributed by atoms with Gasteiger partial charge in [0.05, 0.1) is 19.8 Å². The van der Waals surface area contributed by atoms with Crippen molar-refractivity contribution < 1.29 is 32.2 Å². The zero-order valence-electron chi connectivity index (χ0n) is 15.9. The van der Waals surface area contributed by atoms with Crippen molar-refractivity contribution in [3.05, 3.63) is 46.3 Å². The number of hydrogen-bond acceptors (Lipinski definition) is 8. The van der Waals surface area contributed by atoms with E-state index in [9.17, 15) is 18.0 Å². The van der Waals surface area contributed by atoms with Crippen molar-refractivity contribution in [3.63, 3.8) is 0 Å². The van der Waals surface area contributed by atoms with Crippen LogP contribution in [-0.2, 0) is 19.5 Å². The van der Waals surface area contributed by atoms with Crippen molar-refractivity contribution >= 4 is 33.3 Å². The molecule has 2 aromatic rings. The Kier molecular flexibility index (Phi) is 7.17. The first-order valence-corrected chi connectivity index (χ1v) is 10.4. The summed E-state index contributed by atoms with van der Waals surface area (Å²) < 4.78 is 41.7. The number of para-hydroxylation sites is 1. The van der Waals surface area contributed by atoms with Crippen LogP contribution >= 0.6 is 11.3 Å². The second-order valence-corrected chi connectivity index (χ2v) is 8.95. The van der Waals surface area contributed by atoms with Crippen molar-refractivity contribution in [1.29, 1.82) is 0 Å². The molecular formula is C18H21NO7S2. The fraction of sp³-hybridized carbons (Fsp3) is 0.333. The van der Waals surface area contributed by atoms with E-state index in [1.165, 1.54) is 21.1 Å². The van der Waals surface area contributed by atoms with Gasteiger partial charge in [-0.05, 0) is 24.6 Å². The summed E-state index contributed by atoms with van der Waals surface area (Å²) in [5.74, 6) is -0.941. The van der Waals surface area contributed by atoms with Crippen LogP contribution in [0.4, 0.5) is 0 Å². The maximum atomic E-state index is 13.0. The third kappa shape index (κ3) is 4.51. The molecule has 1 aromatic heterocycles. The first-order chi connectivity index (χ1) is 13.2. The van der Waals surface area contributed by atoms with E-state index in [-0.39, 0.29) is 33.4 Å². The third-order valence-electron chi connectivity index (χ3n) is 3.94. The number of rotatable bonds is 8. The van der Waals surface area contributed by atoms with Gasteiger partial charge >= 0.3 is 11.9 Å². The molecule has 10 heteroatoms. The summed E-state index contributed by atoms with van der Waals surface area (Å²) in [6.07, 6.45) is 0. The number of carbonyl (C=O) groups excluding carboxylic acids is 2. The Bertz CT molecular complexity index is 952. The lowest BCUT2D eigenvalue weighted by Crippen LogP contribution is -2.31. The predicted octanol–water partition coefficient (Wildman–Crippen LogP) is 2.33. The third-order valence-corrected chi connectivity index (χ3v) is 7.56. The first kappa shape index (κ1) is 21.9. The highest BCUT2D eigenvalue weighted by Crippen LogP contribution is 2.34. The average molecular weight is 428 g/mol. The predicted molar refractivity (Wildman–Crippen MR) is 103 cm³/mol. The van der Waals surface area contributed by atoms with Crippen LogP contribution in [0.25, 0.3) is 0 Å². The number of esters is 2. The van der Waals surface area contributed by atoms with Crippen LogP contribution in [0, 0.1) is 6.92 Å². The molecule has 0 amide bonds. The lowest BCUT2D eigenvalue weighted by molar-refractivity contribution is 0.0596. The summed E-state index contributed by atoms with van der Waals surface area (Å²) in [6, 6.07) is 8.97. The number of likely N-dealkylation sites (N-methyl/N-ethyl adjacent to an activating group) is 1. The fourth-order valence-electron chi connectivity index (χ4n) is 2.36. The molecule has 28 heavy (non-hydrogen) atoms. The maximum absolute atomic E-state index is 13.0. The Morgan fingerprint density at radius 3 is 2.25 bits per heavy atom. The molecule has 0 spiro atoms. The van der Waals surface area contributed by atoms with Gasteiger partial charge in [0.2, 0.25) is 0 Å². The molecule has 0 aliphatic carbocycles. The molecule has 0 saturated carbocycles. The molecule has 0 aliphatic heterocycles. The summed E-state index contributed by atoms with van der Waals surface area (Å²) in [5.41, 5.74) is 0.0416. The number of sulfonamides is 1. The van der Waals surface area contributed by atoms with Crippen molar-refractivity contribution in [1.82, 2.24) is 4.31 Å². The van der Waals surface area contributed by atoms with E-state index >= 15 is 0 Å². The molecule has 0 aliphatic rings. The van der Waals surface area contributed by atoms with Crippen LogP contribution in [0.15, 0.2) is 34.5 Å². The van der Waals surface area contributed by atoms with E-state index < -0.39 is 22.0 Å². The molecule has 1 heterocycles. The molecule has 0 fully saturated rings. The molecule has 152 valence electrons. The largest absolute Gasteiger partial charge is 0.492 e. The number of hydrogen-bond donors (Lipinski definition) is 0. The number of nitrogens with zero attached hydrogens (tertiary/aromatic N) is 1. The van der Waals surface area contributed by atoms with Gasteiger partial charge < -0.3 is 14.2 Å². The Morgan fingerprint density at radius 1 is 1.07 bits per heavy atom. The van der Waals surface area contributed by atoms with Gasteiger partial charge in [-0.2, -0.15) is 4.31 Å². The molecule has 8 nitrogen and oxygen atoms in total. The monoisotopic (exact) mass is 427 g/mol. The van der Waals surface area contributed by atoms with Gasteiger partial charge in [-0.1, -0.05) is 18.2 Å². The van der Waals surface area contributed by atoms with Gasteiger partial charge in [-0.3, -0.25) is 0 Å². The van der Waals surface area contributed by atoms with Crippen molar-refractivity contribution in [2.45, 2.75) is 11.1 Å². The number of thiophene rings is 1. The highest BCUT2D eigenvalue weighted by Gasteiger charge is 2.34. The molecule has 0 N–H and O–H groups in total. The minimum Gasteiger partial charge on any atom is -0.492 e. The lowest BCUT2D eigenvalue weighted by Gasteiger charge is -2.17. The van der Waals surface area contributed by atoms with Crippen LogP contribution in [-0.4, -0.2) is 59.1 Å². The summed E-state index contributed by atoms with van der Waals surface area (Å²) in [5, 5.41) is 0. The zero-order chi connectivity index (χ0) is 20.9. The number of benzene rings is 1. The first-order valence-electron chi connectivity index (χ1n) is 8.18. The van der Waals surface area contributed by atoms with Crippen molar-refractivity contribution in [2.24, 2.45) is 0 Å². The minimum absolute atomic E-state index is 0.0374. The Labute approximate surface area is 167 Å².